The molecule has 0 saturated heterocycles. The Labute approximate surface area is 133 Å². The van der Waals surface area contributed by atoms with Crippen LogP contribution in [0.2, 0.25) is 0 Å². The van der Waals surface area contributed by atoms with Gasteiger partial charge in [0, 0.05) is 12.1 Å². The molecule has 1 atom stereocenters. The van der Waals surface area contributed by atoms with Gasteiger partial charge in [-0.2, -0.15) is 0 Å². The number of nitrogens with one attached hydrogen (secondary N) is 1. The van der Waals surface area contributed by atoms with E-state index in [9.17, 15) is 14.9 Å². The van der Waals surface area contributed by atoms with E-state index in [1.165, 1.54) is 31.4 Å². The van der Waals surface area contributed by atoms with Crippen molar-refractivity contribution in [1.29, 1.82) is 0 Å². The highest BCUT2D eigenvalue weighted by molar-refractivity contribution is 5.95. The van der Waals surface area contributed by atoms with Crippen LogP contribution in [0.4, 0.5) is 11.4 Å². The van der Waals surface area contributed by atoms with Crippen molar-refractivity contribution in [3.05, 3.63) is 58.6 Å². The maximum Gasteiger partial charge on any atom is 0.269 e. The largest absolute Gasteiger partial charge is 0.495 e. The van der Waals surface area contributed by atoms with E-state index in [-0.39, 0.29) is 11.6 Å². The second-order valence-electron chi connectivity index (χ2n) is 4.70. The summed E-state index contributed by atoms with van der Waals surface area (Å²) in [7, 11) is 1.52. The van der Waals surface area contributed by atoms with Gasteiger partial charge in [0.2, 0.25) is 0 Å². The molecule has 7 heteroatoms. The lowest BCUT2D eigenvalue weighted by atomic mass is 10.2. The Morgan fingerprint density at radius 1 is 1.17 bits per heavy atom. The number of amides is 1. The van der Waals surface area contributed by atoms with Crippen molar-refractivity contribution in [2.75, 3.05) is 12.4 Å². The van der Waals surface area contributed by atoms with E-state index in [2.05, 4.69) is 5.32 Å². The standard InChI is InChI=1S/C16H16N2O5/c1-11(23-13-9-7-12(8-10-13)18(20)21)16(19)17-14-5-3-4-6-15(14)22-2/h3-11H,1-2H3,(H,17,19)/t11-/m1/s1. The summed E-state index contributed by atoms with van der Waals surface area (Å²) in [5, 5.41) is 13.3. The number of carbonyl (C=O) groups excluding carboxylic acids is 1. The molecule has 120 valence electrons. The first kappa shape index (κ1) is 16.3. The quantitative estimate of drug-likeness (QED) is 0.653. The number of nitrogens with zero attached hydrogens (tertiary/aromatic N) is 1. The Kier molecular flexibility index (Phi) is 5.14. The fourth-order valence-corrected chi connectivity index (χ4v) is 1.89. The first-order valence-electron chi connectivity index (χ1n) is 6.86. The molecule has 0 radical (unpaired) electrons. The Hall–Kier alpha value is -3.09. The first-order valence-corrected chi connectivity index (χ1v) is 6.86. The lowest BCUT2D eigenvalue weighted by molar-refractivity contribution is -0.384. The van der Waals surface area contributed by atoms with Gasteiger partial charge in [0.15, 0.2) is 6.10 Å². The van der Waals surface area contributed by atoms with E-state index in [1.54, 1.807) is 31.2 Å². The van der Waals surface area contributed by atoms with E-state index in [0.29, 0.717) is 17.2 Å². The minimum atomic E-state index is -0.777. The van der Waals surface area contributed by atoms with Crippen molar-refractivity contribution < 1.29 is 19.2 Å². The van der Waals surface area contributed by atoms with Crippen LogP contribution in [0, 0.1) is 10.1 Å². The van der Waals surface area contributed by atoms with Gasteiger partial charge in [-0.25, -0.2) is 0 Å². The smallest absolute Gasteiger partial charge is 0.269 e. The molecule has 2 aromatic rings. The molecule has 23 heavy (non-hydrogen) atoms. The molecule has 2 rings (SSSR count). The number of non-ortho nitro benzene ring substituents is 1. The number of benzene rings is 2. The van der Waals surface area contributed by atoms with E-state index in [4.69, 9.17) is 9.47 Å². The molecule has 0 aromatic heterocycles. The Morgan fingerprint density at radius 3 is 2.43 bits per heavy atom. The van der Waals surface area contributed by atoms with Crippen LogP contribution in [-0.2, 0) is 4.79 Å². The summed E-state index contributed by atoms with van der Waals surface area (Å²) in [6.07, 6.45) is -0.777. The number of carbonyl (C=O) groups is 1. The molecular weight excluding hydrogens is 300 g/mol. The van der Waals surface area contributed by atoms with Crippen LogP contribution in [0.1, 0.15) is 6.92 Å². The Bertz CT molecular complexity index is 700. The lowest BCUT2D eigenvalue weighted by Gasteiger charge is -2.16. The van der Waals surface area contributed by atoms with Crippen LogP contribution in [0.5, 0.6) is 11.5 Å². The van der Waals surface area contributed by atoms with Gasteiger partial charge in [0.05, 0.1) is 17.7 Å². The number of hydrogen-bond acceptors (Lipinski definition) is 5. The fourth-order valence-electron chi connectivity index (χ4n) is 1.89. The molecule has 0 saturated carbocycles. The van der Waals surface area contributed by atoms with Crippen LogP contribution in [0.15, 0.2) is 48.5 Å². The topological polar surface area (TPSA) is 90.7 Å². The third kappa shape index (κ3) is 4.19. The predicted molar refractivity (Wildman–Crippen MR) is 84.8 cm³/mol. The van der Waals surface area contributed by atoms with E-state index >= 15 is 0 Å². The van der Waals surface area contributed by atoms with Gasteiger partial charge in [0.1, 0.15) is 11.5 Å². The van der Waals surface area contributed by atoms with E-state index < -0.39 is 11.0 Å². The minimum Gasteiger partial charge on any atom is -0.495 e. The number of ether oxygens (including phenoxy) is 2. The predicted octanol–water partition coefficient (Wildman–Crippen LogP) is 3.01. The Morgan fingerprint density at radius 2 is 1.83 bits per heavy atom. The monoisotopic (exact) mass is 316 g/mol. The number of hydrogen-bond donors (Lipinski definition) is 1. The van der Waals surface area contributed by atoms with Crippen molar-refractivity contribution in [2.45, 2.75) is 13.0 Å². The van der Waals surface area contributed by atoms with Crippen LogP contribution < -0.4 is 14.8 Å². The second-order valence-corrected chi connectivity index (χ2v) is 4.70. The molecule has 0 heterocycles. The molecule has 0 unspecified atom stereocenters. The highest BCUT2D eigenvalue weighted by Crippen LogP contribution is 2.24. The minimum absolute atomic E-state index is 0.0384. The first-order chi connectivity index (χ1) is 11.0. The molecule has 0 fully saturated rings. The molecule has 1 amide bonds. The molecule has 0 spiro atoms. The fraction of sp³-hybridized carbons (Fsp3) is 0.188. The number of para-hydroxylation sites is 2. The molecular formula is C16H16N2O5. The van der Waals surface area contributed by atoms with Crippen molar-refractivity contribution in [1.82, 2.24) is 0 Å². The number of nitro benzene ring substituents is 1. The van der Waals surface area contributed by atoms with E-state index in [1.807, 2.05) is 0 Å². The summed E-state index contributed by atoms with van der Waals surface area (Å²) >= 11 is 0. The number of methoxy groups -OCH3 is 1. The average molecular weight is 316 g/mol. The number of anilines is 1. The molecule has 1 N–H and O–H groups in total. The van der Waals surface area contributed by atoms with Crippen molar-refractivity contribution >= 4 is 17.3 Å². The molecule has 0 aliphatic rings. The zero-order valence-corrected chi connectivity index (χ0v) is 12.7. The summed E-state index contributed by atoms with van der Waals surface area (Å²) < 4.78 is 10.6. The van der Waals surface area contributed by atoms with Crippen molar-refractivity contribution in [3.8, 4) is 11.5 Å². The van der Waals surface area contributed by atoms with Gasteiger partial charge in [-0.3, -0.25) is 14.9 Å². The van der Waals surface area contributed by atoms with Crippen LogP contribution >= 0.6 is 0 Å². The van der Waals surface area contributed by atoms with Gasteiger partial charge >= 0.3 is 0 Å². The molecule has 0 bridgehead atoms. The zero-order valence-electron chi connectivity index (χ0n) is 12.7. The molecule has 2 aromatic carbocycles. The van der Waals surface area contributed by atoms with Gasteiger partial charge < -0.3 is 14.8 Å². The SMILES string of the molecule is COc1ccccc1NC(=O)[C@@H](C)Oc1ccc([N+](=O)[O-])cc1. The second kappa shape index (κ2) is 7.26. The zero-order chi connectivity index (χ0) is 16.8. The third-order valence-electron chi connectivity index (χ3n) is 3.09. The van der Waals surface area contributed by atoms with Crippen molar-refractivity contribution in [3.63, 3.8) is 0 Å². The summed E-state index contributed by atoms with van der Waals surface area (Å²) in [5.41, 5.74) is 0.502. The van der Waals surface area contributed by atoms with Crippen LogP contribution in [0.3, 0.4) is 0 Å². The summed E-state index contributed by atoms with van der Waals surface area (Å²) in [6, 6.07) is 12.6. The lowest BCUT2D eigenvalue weighted by Crippen LogP contribution is -2.30. The van der Waals surface area contributed by atoms with Gasteiger partial charge in [-0.15, -0.1) is 0 Å². The van der Waals surface area contributed by atoms with E-state index in [0.717, 1.165) is 0 Å². The van der Waals surface area contributed by atoms with Gasteiger partial charge in [0.25, 0.3) is 11.6 Å². The maximum atomic E-state index is 12.2. The van der Waals surface area contributed by atoms with Gasteiger partial charge in [-0.1, -0.05) is 12.1 Å². The summed E-state index contributed by atoms with van der Waals surface area (Å²) in [6.45, 7) is 1.59. The normalized spacial score (nSPS) is 11.4. The number of nitro groups is 1. The van der Waals surface area contributed by atoms with Crippen LogP contribution in [0.25, 0.3) is 0 Å². The maximum absolute atomic E-state index is 12.2. The highest BCUT2D eigenvalue weighted by Gasteiger charge is 2.17. The van der Waals surface area contributed by atoms with Gasteiger partial charge in [-0.05, 0) is 31.2 Å². The van der Waals surface area contributed by atoms with Crippen LogP contribution in [-0.4, -0.2) is 24.0 Å². The molecule has 0 aliphatic carbocycles. The number of rotatable bonds is 6. The summed E-state index contributed by atoms with van der Waals surface area (Å²) in [5.74, 6) is 0.564. The summed E-state index contributed by atoms with van der Waals surface area (Å²) in [4.78, 5) is 22.3. The highest BCUT2D eigenvalue weighted by atomic mass is 16.6. The average Bonchev–Trinajstić information content (AvgIpc) is 2.55. The molecule has 7 nitrogen and oxygen atoms in total. The Balaban J connectivity index is 2.01. The van der Waals surface area contributed by atoms with Crippen molar-refractivity contribution in [2.24, 2.45) is 0 Å². The molecule has 0 aliphatic heterocycles. The third-order valence-corrected chi connectivity index (χ3v) is 3.09.